The first-order chi connectivity index (χ1) is 11.0. The molecule has 3 amide bonds. The number of imide groups is 1. The van der Waals surface area contributed by atoms with Crippen LogP contribution in [0.4, 0.5) is 0 Å². The lowest BCUT2D eigenvalue weighted by atomic mass is 10.1. The average Bonchev–Trinajstić information content (AvgIpc) is 2.99. The molecule has 2 aromatic carbocycles. The number of fused-ring (bicyclic) bond motifs is 2. The Hall–Kier alpha value is -2.95. The number of hydrogen-bond acceptors (Lipinski definition) is 3. The highest BCUT2D eigenvalue weighted by atomic mass is 16.2. The third kappa shape index (κ3) is 2.50. The standard InChI is InChI=1S/C9H7NO2.C9H9NO/c1-10-8(11)6-4-2-3-5-7(6)9(10)12;1-10-6-7-4-2-3-5-8(7)9(10)11/h2-5H,1H3;2-5H,6H2,1H3. The smallest absolute Gasteiger partial charge is 0.261 e. The summed E-state index contributed by atoms with van der Waals surface area (Å²) in [4.78, 5) is 36.8. The predicted octanol–water partition coefficient (Wildman–Crippen LogP) is 2.18. The molecule has 2 aliphatic rings. The van der Waals surface area contributed by atoms with Gasteiger partial charge in [0.1, 0.15) is 0 Å². The van der Waals surface area contributed by atoms with Crippen LogP contribution in [0.25, 0.3) is 0 Å². The van der Waals surface area contributed by atoms with Gasteiger partial charge < -0.3 is 4.90 Å². The van der Waals surface area contributed by atoms with Crippen molar-refractivity contribution in [3.63, 3.8) is 0 Å². The Bertz CT molecular complexity index is 778. The zero-order chi connectivity index (χ0) is 16.6. The summed E-state index contributed by atoms with van der Waals surface area (Å²) < 4.78 is 0. The molecule has 0 saturated carbocycles. The summed E-state index contributed by atoms with van der Waals surface area (Å²) in [5, 5.41) is 0. The Balaban J connectivity index is 0.000000136. The zero-order valence-electron chi connectivity index (χ0n) is 12.9. The molecule has 5 heteroatoms. The van der Waals surface area contributed by atoms with Crippen molar-refractivity contribution in [1.29, 1.82) is 0 Å². The van der Waals surface area contributed by atoms with Gasteiger partial charge in [-0.25, -0.2) is 0 Å². The predicted molar refractivity (Wildman–Crippen MR) is 85.1 cm³/mol. The van der Waals surface area contributed by atoms with E-state index in [9.17, 15) is 14.4 Å². The van der Waals surface area contributed by atoms with Crippen molar-refractivity contribution in [2.45, 2.75) is 6.54 Å². The Kier molecular flexibility index (Phi) is 3.70. The summed E-state index contributed by atoms with van der Waals surface area (Å²) >= 11 is 0. The van der Waals surface area contributed by atoms with Gasteiger partial charge in [0.15, 0.2) is 0 Å². The second-order valence-electron chi connectivity index (χ2n) is 5.53. The fourth-order valence-corrected chi connectivity index (χ4v) is 2.71. The van der Waals surface area contributed by atoms with Crippen molar-refractivity contribution in [1.82, 2.24) is 9.80 Å². The van der Waals surface area contributed by atoms with Crippen molar-refractivity contribution in [3.8, 4) is 0 Å². The molecule has 2 heterocycles. The Morgan fingerprint density at radius 1 is 0.696 bits per heavy atom. The molecule has 2 aliphatic heterocycles. The number of amides is 3. The first-order valence-electron chi connectivity index (χ1n) is 7.25. The van der Waals surface area contributed by atoms with Crippen LogP contribution in [0.2, 0.25) is 0 Å². The van der Waals surface area contributed by atoms with Crippen LogP contribution in [-0.2, 0) is 6.54 Å². The number of carbonyl (C=O) groups is 3. The van der Waals surface area contributed by atoms with E-state index in [1.807, 2.05) is 31.3 Å². The molecule has 0 atom stereocenters. The molecular weight excluding hydrogens is 292 g/mol. The molecule has 116 valence electrons. The number of nitrogens with zero attached hydrogens (tertiary/aromatic N) is 2. The lowest BCUT2D eigenvalue weighted by molar-refractivity contribution is 0.0692. The highest BCUT2D eigenvalue weighted by Gasteiger charge is 2.31. The van der Waals surface area contributed by atoms with E-state index in [0.717, 1.165) is 22.6 Å². The summed E-state index contributed by atoms with van der Waals surface area (Å²) in [6, 6.07) is 14.6. The SMILES string of the molecule is CN1C(=O)c2ccccc2C1=O.CN1Cc2ccccc2C1=O. The lowest BCUT2D eigenvalue weighted by Crippen LogP contribution is -2.24. The van der Waals surface area contributed by atoms with Gasteiger partial charge in [-0.1, -0.05) is 30.3 Å². The Morgan fingerprint density at radius 2 is 1.17 bits per heavy atom. The fourth-order valence-electron chi connectivity index (χ4n) is 2.71. The molecule has 0 aromatic heterocycles. The largest absolute Gasteiger partial charge is 0.337 e. The molecular formula is C18H16N2O3. The van der Waals surface area contributed by atoms with Gasteiger partial charge in [-0.15, -0.1) is 0 Å². The van der Waals surface area contributed by atoms with E-state index >= 15 is 0 Å². The molecule has 2 aromatic rings. The molecule has 23 heavy (non-hydrogen) atoms. The summed E-state index contributed by atoms with van der Waals surface area (Å²) in [5.41, 5.74) is 3.00. The molecule has 5 nitrogen and oxygen atoms in total. The maximum absolute atomic E-state index is 11.3. The molecule has 0 bridgehead atoms. The van der Waals surface area contributed by atoms with Crippen molar-refractivity contribution in [2.75, 3.05) is 14.1 Å². The minimum atomic E-state index is -0.212. The molecule has 0 spiro atoms. The Morgan fingerprint density at radius 3 is 1.70 bits per heavy atom. The van der Waals surface area contributed by atoms with E-state index in [0.29, 0.717) is 11.1 Å². The van der Waals surface area contributed by atoms with Gasteiger partial charge in [0.2, 0.25) is 0 Å². The van der Waals surface area contributed by atoms with Crippen molar-refractivity contribution >= 4 is 17.7 Å². The van der Waals surface area contributed by atoms with Gasteiger partial charge in [-0.2, -0.15) is 0 Å². The van der Waals surface area contributed by atoms with E-state index in [1.54, 1.807) is 29.2 Å². The van der Waals surface area contributed by atoms with Crippen LogP contribution in [0.15, 0.2) is 48.5 Å². The van der Waals surface area contributed by atoms with E-state index in [2.05, 4.69) is 0 Å². The molecule has 0 aliphatic carbocycles. The topological polar surface area (TPSA) is 57.7 Å². The summed E-state index contributed by atoms with van der Waals surface area (Å²) in [6.07, 6.45) is 0. The summed E-state index contributed by atoms with van der Waals surface area (Å²) in [5.74, 6) is -0.285. The molecule has 0 radical (unpaired) electrons. The second kappa shape index (κ2) is 5.68. The normalized spacial score (nSPS) is 15.3. The third-order valence-corrected chi connectivity index (χ3v) is 4.00. The zero-order valence-corrected chi connectivity index (χ0v) is 12.9. The van der Waals surface area contributed by atoms with Crippen LogP contribution in [0, 0.1) is 0 Å². The van der Waals surface area contributed by atoms with Crippen LogP contribution < -0.4 is 0 Å². The Labute approximate surface area is 134 Å². The highest BCUT2D eigenvalue weighted by molar-refractivity contribution is 6.21. The first kappa shape index (κ1) is 15.0. The number of carbonyl (C=O) groups excluding carboxylic acids is 3. The number of rotatable bonds is 0. The number of benzene rings is 2. The maximum atomic E-state index is 11.3. The summed E-state index contributed by atoms with van der Waals surface area (Å²) in [6.45, 7) is 0.759. The van der Waals surface area contributed by atoms with Crippen LogP contribution in [0.1, 0.15) is 36.6 Å². The lowest BCUT2D eigenvalue weighted by Gasteiger charge is -2.04. The van der Waals surface area contributed by atoms with Crippen LogP contribution in [-0.4, -0.2) is 41.6 Å². The van der Waals surface area contributed by atoms with Gasteiger partial charge in [0.25, 0.3) is 17.7 Å². The quantitative estimate of drug-likeness (QED) is 0.701. The van der Waals surface area contributed by atoms with Crippen LogP contribution in [0.5, 0.6) is 0 Å². The van der Waals surface area contributed by atoms with Crippen LogP contribution >= 0.6 is 0 Å². The first-order valence-corrected chi connectivity index (χ1v) is 7.25. The second-order valence-corrected chi connectivity index (χ2v) is 5.53. The van der Waals surface area contributed by atoms with Gasteiger partial charge in [0.05, 0.1) is 11.1 Å². The van der Waals surface area contributed by atoms with Crippen molar-refractivity contribution in [3.05, 3.63) is 70.8 Å². The minimum Gasteiger partial charge on any atom is -0.337 e. The fraction of sp³-hybridized carbons (Fsp3) is 0.167. The summed E-state index contributed by atoms with van der Waals surface area (Å²) in [7, 11) is 3.31. The van der Waals surface area contributed by atoms with Crippen LogP contribution in [0.3, 0.4) is 0 Å². The van der Waals surface area contributed by atoms with Crippen molar-refractivity contribution < 1.29 is 14.4 Å². The molecule has 0 unspecified atom stereocenters. The van der Waals surface area contributed by atoms with E-state index in [-0.39, 0.29) is 17.7 Å². The molecule has 4 rings (SSSR count). The molecule has 0 N–H and O–H groups in total. The highest BCUT2D eigenvalue weighted by Crippen LogP contribution is 2.20. The van der Waals surface area contributed by atoms with E-state index in [4.69, 9.17) is 0 Å². The van der Waals surface area contributed by atoms with Gasteiger partial charge in [0, 0.05) is 26.2 Å². The minimum absolute atomic E-state index is 0.139. The average molecular weight is 308 g/mol. The van der Waals surface area contributed by atoms with Crippen molar-refractivity contribution in [2.24, 2.45) is 0 Å². The monoisotopic (exact) mass is 308 g/mol. The van der Waals surface area contributed by atoms with Gasteiger partial charge >= 0.3 is 0 Å². The maximum Gasteiger partial charge on any atom is 0.261 e. The molecule has 0 fully saturated rings. The molecule has 0 saturated heterocycles. The van der Waals surface area contributed by atoms with Gasteiger partial charge in [-0.3, -0.25) is 19.3 Å². The van der Waals surface area contributed by atoms with E-state index in [1.165, 1.54) is 7.05 Å². The number of hydrogen-bond donors (Lipinski definition) is 0. The van der Waals surface area contributed by atoms with Gasteiger partial charge in [-0.05, 0) is 23.8 Å². The third-order valence-electron chi connectivity index (χ3n) is 4.00. The van der Waals surface area contributed by atoms with E-state index < -0.39 is 0 Å².